The number of aromatic hydroxyl groups is 1. The van der Waals surface area contributed by atoms with Gasteiger partial charge in [-0.05, 0) is 42.9 Å². The summed E-state index contributed by atoms with van der Waals surface area (Å²) in [4.78, 5) is 0. The van der Waals surface area contributed by atoms with Gasteiger partial charge in [0.05, 0.1) is 5.60 Å². The SMILES string of the molecule is CCC(O)(CC)CNC1CCc2c(O)cccc21. The Hall–Kier alpha value is -1.06. The van der Waals surface area contributed by atoms with Gasteiger partial charge in [-0.25, -0.2) is 0 Å². The lowest BCUT2D eigenvalue weighted by Crippen LogP contribution is -2.40. The Labute approximate surface area is 109 Å². The van der Waals surface area contributed by atoms with Crippen LogP contribution in [0.2, 0.25) is 0 Å². The summed E-state index contributed by atoms with van der Waals surface area (Å²) in [7, 11) is 0. The van der Waals surface area contributed by atoms with Crippen LogP contribution in [0.3, 0.4) is 0 Å². The highest BCUT2D eigenvalue weighted by atomic mass is 16.3. The standard InChI is InChI=1S/C15H23NO2/c1-3-15(18,4-2)10-16-13-9-8-12-11(13)6-5-7-14(12)17/h5-7,13,16-18H,3-4,8-10H2,1-2H3. The van der Waals surface area contributed by atoms with Crippen LogP contribution >= 0.6 is 0 Å². The van der Waals surface area contributed by atoms with Crippen molar-refractivity contribution in [2.75, 3.05) is 6.54 Å². The molecule has 3 heteroatoms. The summed E-state index contributed by atoms with van der Waals surface area (Å²) in [6, 6.07) is 5.96. The van der Waals surface area contributed by atoms with Gasteiger partial charge in [-0.3, -0.25) is 0 Å². The monoisotopic (exact) mass is 249 g/mol. The number of rotatable bonds is 5. The van der Waals surface area contributed by atoms with E-state index in [1.807, 2.05) is 19.9 Å². The highest BCUT2D eigenvalue weighted by Crippen LogP contribution is 2.36. The van der Waals surface area contributed by atoms with Crippen LogP contribution < -0.4 is 5.32 Å². The molecule has 1 aromatic carbocycles. The molecule has 0 bridgehead atoms. The number of hydrogen-bond acceptors (Lipinski definition) is 3. The van der Waals surface area contributed by atoms with Gasteiger partial charge in [-0.1, -0.05) is 26.0 Å². The third-order valence-corrected chi connectivity index (χ3v) is 4.24. The molecule has 0 aliphatic heterocycles. The summed E-state index contributed by atoms with van der Waals surface area (Å²) in [6.45, 7) is 4.64. The molecule has 0 spiro atoms. The van der Waals surface area contributed by atoms with Gasteiger partial charge in [-0.2, -0.15) is 0 Å². The zero-order chi connectivity index (χ0) is 13.2. The van der Waals surface area contributed by atoms with Gasteiger partial charge in [0, 0.05) is 12.6 Å². The number of aliphatic hydroxyl groups is 1. The largest absolute Gasteiger partial charge is 0.508 e. The molecule has 100 valence electrons. The molecule has 1 atom stereocenters. The fraction of sp³-hybridized carbons (Fsp3) is 0.600. The Kier molecular flexibility index (Phi) is 3.93. The van der Waals surface area contributed by atoms with Gasteiger partial charge in [0.1, 0.15) is 5.75 Å². The van der Waals surface area contributed by atoms with E-state index in [0.717, 1.165) is 31.2 Å². The second-order valence-corrected chi connectivity index (χ2v) is 5.25. The van der Waals surface area contributed by atoms with Crippen LogP contribution in [0.5, 0.6) is 5.75 Å². The second kappa shape index (κ2) is 5.29. The van der Waals surface area contributed by atoms with E-state index in [4.69, 9.17) is 0 Å². The first-order chi connectivity index (χ1) is 8.59. The van der Waals surface area contributed by atoms with Crippen molar-refractivity contribution in [3.05, 3.63) is 29.3 Å². The quantitative estimate of drug-likeness (QED) is 0.751. The average molecular weight is 249 g/mol. The van der Waals surface area contributed by atoms with Crippen molar-refractivity contribution >= 4 is 0 Å². The maximum Gasteiger partial charge on any atom is 0.119 e. The molecule has 0 fully saturated rings. The van der Waals surface area contributed by atoms with E-state index in [2.05, 4.69) is 11.4 Å². The lowest BCUT2D eigenvalue weighted by molar-refractivity contribution is 0.0298. The zero-order valence-electron chi connectivity index (χ0n) is 11.2. The number of fused-ring (bicyclic) bond motifs is 1. The maximum absolute atomic E-state index is 10.3. The summed E-state index contributed by atoms with van der Waals surface area (Å²) < 4.78 is 0. The van der Waals surface area contributed by atoms with Crippen molar-refractivity contribution < 1.29 is 10.2 Å². The van der Waals surface area contributed by atoms with E-state index in [1.54, 1.807) is 6.07 Å². The summed E-state index contributed by atoms with van der Waals surface area (Å²) in [6.07, 6.45) is 3.43. The molecular weight excluding hydrogens is 226 g/mol. The number of nitrogens with one attached hydrogen (secondary N) is 1. The van der Waals surface area contributed by atoms with Crippen LogP contribution in [-0.2, 0) is 6.42 Å². The second-order valence-electron chi connectivity index (χ2n) is 5.25. The number of benzene rings is 1. The van der Waals surface area contributed by atoms with Crippen molar-refractivity contribution in [3.8, 4) is 5.75 Å². The fourth-order valence-corrected chi connectivity index (χ4v) is 2.66. The van der Waals surface area contributed by atoms with E-state index >= 15 is 0 Å². The van der Waals surface area contributed by atoms with Gasteiger partial charge in [-0.15, -0.1) is 0 Å². The molecule has 3 N–H and O–H groups in total. The Balaban J connectivity index is 2.04. The van der Waals surface area contributed by atoms with Crippen molar-refractivity contribution in [1.82, 2.24) is 5.32 Å². The third kappa shape index (κ3) is 2.52. The molecule has 0 radical (unpaired) electrons. The van der Waals surface area contributed by atoms with Crippen LogP contribution in [0.15, 0.2) is 18.2 Å². The highest BCUT2D eigenvalue weighted by Gasteiger charge is 2.28. The molecule has 3 nitrogen and oxygen atoms in total. The van der Waals surface area contributed by atoms with Gasteiger partial charge >= 0.3 is 0 Å². The Bertz CT molecular complexity index is 413. The van der Waals surface area contributed by atoms with E-state index < -0.39 is 5.60 Å². The molecule has 1 aliphatic carbocycles. The Morgan fingerprint density at radius 3 is 2.72 bits per heavy atom. The van der Waals surface area contributed by atoms with Crippen molar-refractivity contribution in [2.45, 2.75) is 51.2 Å². The summed E-state index contributed by atoms with van der Waals surface area (Å²) >= 11 is 0. The smallest absolute Gasteiger partial charge is 0.119 e. The van der Waals surface area contributed by atoms with E-state index in [0.29, 0.717) is 12.3 Å². The molecule has 0 saturated carbocycles. The van der Waals surface area contributed by atoms with Gasteiger partial charge in [0.2, 0.25) is 0 Å². The molecule has 0 saturated heterocycles. The van der Waals surface area contributed by atoms with Crippen molar-refractivity contribution in [1.29, 1.82) is 0 Å². The predicted molar refractivity (Wildman–Crippen MR) is 72.7 cm³/mol. The third-order valence-electron chi connectivity index (χ3n) is 4.24. The minimum absolute atomic E-state index is 0.261. The molecule has 1 aromatic rings. The van der Waals surface area contributed by atoms with E-state index in [1.165, 1.54) is 5.56 Å². The van der Waals surface area contributed by atoms with Crippen LogP contribution in [0.4, 0.5) is 0 Å². The van der Waals surface area contributed by atoms with Crippen LogP contribution in [-0.4, -0.2) is 22.4 Å². The first-order valence-corrected chi connectivity index (χ1v) is 6.86. The normalized spacial score (nSPS) is 18.9. The fourth-order valence-electron chi connectivity index (χ4n) is 2.66. The molecule has 2 rings (SSSR count). The maximum atomic E-state index is 10.3. The Morgan fingerprint density at radius 1 is 1.33 bits per heavy atom. The molecule has 1 unspecified atom stereocenters. The molecule has 0 amide bonds. The topological polar surface area (TPSA) is 52.5 Å². The van der Waals surface area contributed by atoms with Crippen molar-refractivity contribution in [2.24, 2.45) is 0 Å². The molecule has 1 aliphatic rings. The minimum atomic E-state index is -0.612. The number of hydrogen-bond donors (Lipinski definition) is 3. The zero-order valence-corrected chi connectivity index (χ0v) is 11.2. The van der Waals surface area contributed by atoms with Crippen molar-refractivity contribution in [3.63, 3.8) is 0 Å². The van der Waals surface area contributed by atoms with Crippen LogP contribution in [0.25, 0.3) is 0 Å². The highest BCUT2D eigenvalue weighted by molar-refractivity contribution is 5.44. The molecule has 0 heterocycles. The number of phenols is 1. The van der Waals surface area contributed by atoms with Gasteiger partial charge in [0.15, 0.2) is 0 Å². The summed E-state index contributed by atoms with van der Waals surface area (Å²) in [5, 5.41) is 23.5. The first-order valence-electron chi connectivity index (χ1n) is 6.86. The van der Waals surface area contributed by atoms with E-state index in [-0.39, 0.29) is 6.04 Å². The number of phenolic OH excluding ortho intramolecular Hbond substituents is 1. The average Bonchev–Trinajstić information content (AvgIpc) is 2.81. The Morgan fingerprint density at radius 2 is 2.06 bits per heavy atom. The summed E-state index contributed by atoms with van der Waals surface area (Å²) in [5.41, 5.74) is 1.63. The predicted octanol–water partition coefficient (Wildman–Crippen LogP) is 2.52. The minimum Gasteiger partial charge on any atom is -0.508 e. The molecule has 18 heavy (non-hydrogen) atoms. The van der Waals surface area contributed by atoms with E-state index in [9.17, 15) is 10.2 Å². The molecular formula is C15H23NO2. The van der Waals surface area contributed by atoms with Gasteiger partial charge in [0.25, 0.3) is 0 Å². The van der Waals surface area contributed by atoms with Gasteiger partial charge < -0.3 is 15.5 Å². The van der Waals surface area contributed by atoms with Crippen LogP contribution in [0, 0.1) is 0 Å². The molecule has 0 aromatic heterocycles. The lowest BCUT2D eigenvalue weighted by Gasteiger charge is -2.27. The first kappa shape index (κ1) is 13.4. The van der Waals surface area contributed by atoms with Crippen LogP contribution in [0.1, 0.15) is 50.3 Å². The lowest BCUT2D eigenvalue weighted by atomic mass is 9.96. The summed E-state index contributed by atoms with van der Waals surface area (Å²) in [5.74, 6) is 0.401.